The van der Waals surface area contributed by atoms with Crippen LogP contribution < -0.4 is 11.1 Å². The number of hydrogen-bond acceptors (Lipinski definition) is 9. The summed E-state index contributed by atoms with van der Waals surface area (Å²) in [6.45, 7) is 32.4. The Labute approximate surface area is 260 Å². The fourth-order valence-electron chi connectivity index (χ4n) is 4.30. The van der Waals surface area contributed by atoms with Crippen molar-refractivity contribution in [2.75, 3.05) is 6.61 Å². The van der Waals surface area contributed by atoms with Crippen LogP contribution in [0.25, 0.3) is 0 Å². The van der Waals surface area contributed by atoms with Crippen molar-refractivity contribution in [1.82, 2.24) is 10.2 Å². The van der Waals surface area contributed by atoms with Crippen molar-refractivity contribution < 1.29 is 32.7 Å². The van der Waals surface area contributed by atoms with Crippen LogP contribution in [0.2, 0.25) is 54.4 Å². The molecule has 3 aliphatic rings. The van der Waals surface area contributed by atoms with Gasteiger partial charge in [-0.1, -0.05) is 62.3 Å². The molecule has 3 aliphatic heterocycles. The minimum atomic E-state index is -2.54. The quantitative estimate of drug-likeness (QED) is 0.323. The standard InChI is InChI=1S/C28H55N5O7Si3/c1-25(2,3)41(10,11)37-16-17-18(39-42(12,13)26(4,5)6)19(40-43(14,15)27(7,8)9)22(38-17)33-24(35)30-20-21(34)31-23(29)32-28(20,33)36/h17-19,22,36H,16H2,1-15H3,(H3,29,31,32,34)/t17-,18-,19-,22-,28+/m1/s1. The molecule has 0 radical (unpaired) electrons. The highest BCUT2D eigenvalue weighted by Gasteiger charge is 2.64. The minimum absolute atomic E-state index is 0.0532. The number of hydrogen-bond donors (Lipinski definition) is 3. The number of nitrogens with two attached hydrogens (primary N) is 1. The van der Waals surface area contributed by atoms with E-state index >= 15 is 0 Å². The first-order chi connectivity index (χ1) is 19.1. The Kier molecular flexibility index (Phi) is 9.30. The number of rotatable bonds is 8. The lowest BCUT2D eigenvalue weighted by Gasteiger charge is -2.45. The number of amides is 3. The molecule has 0 unspecified atom stereocenters. The number of ether oxygens (including phenoxy) is 1. The molecule has 0 aromatic heterocycles. The summed E-state index contributed by atoms with van der Waals surface area (Å²) in [5.41, 5.74) is 5.39. The summed E-state index contributed by atoms with van der Waals surface area (Å²) in [6, 6.07) is -0.878. The first kappa shape index (κ1) is 36.0. The second-order valence-electron chi connectivity index (χ2n) is 16.5. The lowest BCUT2D eigenvalue weighted by Crippen LogP contribution is -2.65. The molecule has 1 fully saturated rings. The van der Waals surface area contributed by atoms with Crippen LogP contribution in [0.1, 0.15) is 62.3 Å². The van der Waals surface area contributed by atoms with Crippen molar-refractivity contribution >= 4 is 48.6 Å². The van der Waals surface area contributed by atoms with Crippen LogP contribution in [0.4, 0.5) is 4.79 Å². The zero-order chi connectivity index (χ0) is 33.4. The van der Waals surface area contributed by atoms with Crippen LogP contribution in [0.15, 0.2) is 9.98 Å². The molecular weight excluding hydrogens is 603 g/mol. The molecular formula is C28H55N5O7Si3. The van der Waals surface area contributed by atoms with Gasteiger partial charge < -0.3 is 28.9 Å². The fraction of sp³-hybridized carbons (Fsp3) is 0.857. The van der Waals surface area contributed by atoms with Gasteiger partial charge in [-0.25, -0.2) is 9.69 Å². The second-order valence-corrected chi connectivity index (χ2v) is 30.8. The van der Waals surface area contributed by atoms with Crippen LogP contribution >= 0.6 is 0 Å². The van der Waals surface area contributed by atoms with Crippen molar-refractivity contribution in [2.24, 2.45) is 15.7 Å². The maximum absolute atomic E-state index is 13.5. The fourth-order valence-corrected chi connectivity index (χ4v) is 7.92. The topological polar surface area (TPSA) is 157 Å². The predicted molar refractivity (Wildman–Crippen MR) is 175 cm³/mol. The normalized spacial score (nSPS) is 29.4. The van der Waals surface area contributed by atoms with Gasteiger partial charge in [-0.2, -0.15) is 9.98 Å². The van der Waals surface area contributed by atoms with Gasteiger partial charge in [0.25, 0.3) is 11.8 Å². The van der Waals surface area contributed by atoms with Crippen molar-refractivity contribution in [1.29, 1.82) is 0 Å². The highest BCUT2D eigenvalue weighted by Crippen LogP contribution is 2.46. The number of carbonyl (C=O) groups excluding carboxylic acids is 2. The molecule has 0 aliphatic carbocycles. The van der Waals surface area contributed by atoms with E-state index in [0.717, 1.165) is 4.90 Å². The Morgan fingerprint density at radius 2 is 1.35 bits per heavy atom. The third-order valence-corrected chi connectivity index (χ3v) is 23.7. The van der Waals surface area contributed by atoms with Gasteiger partial charge in [-0.15, -0.1) is 0 Å². The van der Waals surface area contributed by atoms with Crippen LogP contribution in [0, 0.1) is 0 Å². The van der Waals surface area contributed by atoms with Gasteiger partial charge in [0, 0.05) is 0 Å². The molecule has 0 aromatic carbocycles. The predicted octanol–water partition coefficient (Wildman–Crippen LogP) is 4.48. The number of aliphatic hydroxyl groups is 1. The smallest absolute Gasteiger partial charge is 0.350 e. The third kappa shape index (κ3) is 6.73. The van der Waals surface area contributed by atoms with Gasteiger partial charge in [0.2, 0.25) is 0 Å². The second kappa shape index (κ2) is 11.1. The van der Waals surface area contributed by atoms with Crippen molar-refractivity contribution in [3.8, 4) is 0 Å². The van der Waals surface area contributed by atoms with E-state index in [4.69, 9.17) is 23.7 Å². The number of nitrogens with zero attached hydrogens (tertiary/aromatic N) is 3. The summed E-state index contributed by atoms with van der Waals surface area (Å²) >= 11 is 0. The Bertz CT molecular complexity index is 1190. The molecule has 15 heteroatoms. The monoisotopic (exact) mass is 657 g/mol. The van der Waals surface area contributed by atoms with Gasteiger partial charge in [0.1, 0.15) is 18.3 Å². The van der Waals surface area contributed by atoms with E-state index in [2.05, 4.69) is 117 Å². The van der Waals surface area contributed by atoms with Crippen LogP contribution in [0.3, 0.4) is 0 Å². The lowest BCUT2D eigenvalue weighted by molar-refractivity contribution is -0.143. The summed E-state index contributed by atoms with van der Waals surface area (Å²) in [5.74, 6) is -3.60. The maximum Gasteiger partial charge on any atom is 0.350 e. The Hall–Kier alpha value is -1.47. The number of nitrogens with one attached hydrogen (secondary N) is 1. The van der Waals surface area contributed by atoms with E-state index in [1.807, 2.05) is 0 Å². The average molecular weight is 658 g/mol. The molecule has 0 bridgehead atoms. The summed E-state index contributed by atoms with van der Waals surface area (Å²) in [5, 5.41) is 13.7. The van der Waals surface area contributed by atoms with Gasteiger partial charge in [0.15, 0.2) is 42.9 Å². The Balaban J connectivity index is 2.18. The number of guanidine groups is 1. The van der Waals surface area contributed by atoms with Gasteiger partial charge >= 0.3 is 6.03 Å². The number of fused-ring (bicyclic) bond motifs is 1. The van der Waals surface area contributed by atoms with Crippen molar-refractivity contribution in [3.05, 3.63) is 0 Å². The zero-order valence-electron chi connectivity index (χ0n) is 28.8. The molecule has 43 heavy (non-hydrogen) atoms. The third-order valence-electron chi connectivity index (χ3n) is 10.2. The molecule has 0 aromatic rings. The first-order valence-corrected chi connectivity index (χ1v) is 23.7. The first-order valence-electron chi connectivity index (χ1n) is 15.0. The minimum Gasteiger partial charge on any atom is -0.414 e. The molecule has 4 N–H and O–H groups in total. The van der Waals surface area contributed by atoms with Crippen molar-refractivity contribution in [2.45, 2.75) is 147 Å². The molecule has 246 valence electrons. The van der Waals surface area contributed by atoms with Gasteiger partial charge in [-0.3, -0.25) is 10.1 Å². The summed E-state index contributed by atoms with van der Waals surface area (Å²) in [6.07, 6.45) is -3.34. The molecule has 3 rings (SSSR count). The number of carbonyl (C=O) groups is 2. The van der Waals surface area contributed by atoms with Crippen LogP contribution in [-0.4, -0.2) is 95.6 Å². The molecule has 1 saturated heterocycles. The average Bonchev–Trinajstić information content (AvgIpc) is 3.22. The number of aliphatic imine (C=N–C) groups is 2. The van der Waals surface area contributed by atoms with Crippen LogP contribution in [-0.2, 0) is 22.8 Å². The highest BCUT2D eigenvalue weighted by molar-refractivity contribution is 6.75. The van der Waals surface area contributed by atoms with Gasteiger partial charge in [0.05, 0.1) is 6.61 Å². The summed E-state index contributed by atoms with van der Waals surface area (Å²) < 4.78 is 27.5. The molecule has 0 saturated carbocycles. The molecule has 3 amide bonds. The van der Waals surface area contributed by atoms with E-state index in [9.17, 15) is 14.7 Å². The van der Waals surface area contributed by atoms with Crippen molar-refractivity contribution in [3.63, 3.8) is 0 Å². The Morgan fingerprint density at radius 1 is 0.884 bits per heavy atom. The maximum atomic E-state index is 13.5. The van der Waals surface area contributed by atoms with Gasteiger partial charge in [-0.05, 0) is 54.4 Å². The van der Waals surface area contributed by atoms with E-state index < -0.39 is 73.0 Å². The molecule has 3 heterocycles. The molecule has 12 nitrogen and oxygen atoms in total. The lowest BCUT2D eigenvalue weighted by atomic mass is 10.1. The Morgan fingerprint density at radius 3 is 1.81 bits per heavy atom. The summed E-state index contributed by atoms with van der Waals surface area (Å²) in [7, 11) is -7.20. The van der Waals surface area contributed by atoms with E-state index in [1.165, 1.54) is 0 Å². The zero-order valence-corrected chi connectivity index (χ0v) is 31.8. The van der Waals surface area contributed by atoms with E-state index in [1.54, 1.807) is 0 Å². The van der Waals surface area contributed by atoms with E-state index in [-0.39, 0.29) is 27.7 Å². The molecule has 5 atom stereocenters. The summed E-state index contributed by atoms with van der Waals surface area (Å²) in [4.78, 5) is 35.2. The highest BCUT2D eigenvalue weighted by atomic mass is 28.4. The van der Waals surface area contributed by atoms with Crippen LogP contribution in [0.5, 0.6) is 0 Å². The molecule has 0 spiro atoms. The number of urea groups is 1. The largest absolute Gasteiger partial charge is 0.414 e. The SMILES string of the molecule is CC(C)(C)[Si](C)(C)OC[C@H]1O[C@@H](N2C(=O)N=C3C(=O)NC(N)=N[C@@]32O)[C@H](O[Si](C)(C)C(C)(C)C)[C@@H]1O[Si](C)(C)C(C)(C)C. The van der Waals surface area contributed by atoms with E-state index in [0.29, 0.717) is 0 Å².